The van der Waals surface area contributed by atoms with Gasteiger partial charge in [-0.25, -0.2) is 0 Å². The first-order chi connectivity index (χ1) is 13.5. The molecule has 28 heavy (non-hydrogen) atoms. The fraction of sp³-hybridized carbons (Fsp3) is 0.522. The van der Waals surface area contributed by atoms with E-state index in [1.54, 1.807) is 6.92 Å². The Balaban J connectivity index is 1.46. The maximum Gasteiger partial charge on any atom is 0.161 e. The standard InChI is InChI=1S/C23H30N4O/c1-17(28)18-10-21(25(2)12-18)11-24-22-19-13-26-8-9-27(14-19)16-23(22,15-26)20-6-4-3-5-7-20/h3-7,10,12,19,22,24H,8-9,11,13-16H2,1-2H3. The maximum atomic E-state index is 11.7. The van der Waals surface area contributed by atoms with Gasteiger partial charge in [0.05, 0.1) is 0 Å². The largest absolute Gasteiger partial charge is 0.353 e. The third kappa shape index (κ3) is 2.93. The van der Waals surface area contributed by atoms with Crippen LogP contribution in [0.25, 0.3) is 0 Å². The van der Waals surface area contributed by atoms with E-state index in [9.17, 15) is 4.79 Å². The summed E-state index contributed by atoms with van der Waals surface area (Å²) in [4.78, 5) is 17.1. The number of carbonyl (C=O) groups is 1. The predicted molar refractivity (Wildman–Crippen MR) is 111 cm³/mol. The number of nitrogens with one attached hydrogen (secondary N) is 1. The van der Waals surface area contributed by atoms with Gasteiger partial charge in [0.25, 0.3) is 0 Å². The summed E-state index contributed by atoms with van der Waals surface area (Å²) in [5.74, 6) is 0.770. The Labute approximate surface area is 167 Å². The average molecular weight is 379 g/mol. The van der Waals surface area contributed by atoms with Crippen molar-refractivity contribution in [1.29, 1.82) is 0 Å². The molecule has 6 rings (SSSR count). The summed E-state index contributed by atoms with van der Waals surface area (Å²) in [5.41, 5.74) is 3.58. The topological polar surface area (TPSA) is 40.5 Å². The van der Waals surface area contributed by atoms with Crippen LogP contribution in [0.15, 0.2) is 42.6 Å². The van der Waals surface area contributed by atoms with E-state index < -0.39 is 0 Å². The van der Waals surface area contributed by atoms with Crippen LogP contribution in [0.2, 0.25) is 0 Å². The summed E-state index contributed by atoms with van der Waals surface area (Å²) in [5, 5.41) is 3.96. The normalized spacial score (nSPS) is 33.8. The lowest BCUT2D eigenvalue weighted by atomic mass is 9.64. The summed E-state index contributed by atoms with van der Waals surface area (Å²) < 4.78 is 2.09. The fourth-order valence-electron chi connectivity index (χ4n) is 5.87. The Morgan fingerprint density at radius 1 is 1.14 bits per heavy atom. The molecule has 4 aliphatic rings. The van der Waals surface area contributed by atoms with Crippen LogP contribution in [0.5, 0.6) is 0 Å². The number of hydrogen-bond acceptors (Lipinski definition) is 4. The Kier molecular flexibility index (Phi) is 4.42. The zero-order valence-corrected chi connectivity index (χ0v) is 16.9. The lowest BCUT2D eigenvalue weighted by molar-refractivity contribution is 0.0172. The van der Waals surface area contributed by atoms with Crippen LogP contribution in [0.3, 0.4) is 0 Å². The molecule has 5 nitrogen and oxygen atoms in total. The first-order valence-electron chi connectivity index (χ1n) is 10.4. The summed E-state index contributed by atoms with van der Waals surface area (Å²) in [6.07, 6.45) is 1.95. The minimum atomic E-state index is 0.132. The second kappa shape index (κ2) is 6.83. The molecule has 1 aromatic carbocycles. The van der Waals surface area contributed by atoms with E-state index >= 15 is 0 Å². The van der Waals surface area contributed by atoms with Gasteiger partial charge in [-0.15, -0.1) is 0 Å². The fourth-order valence-corrected chi connectivity index (χ4v) is 5.87. The van der Waals surface area contributed by atoms with Crippen LogP contribution in [-0.4, -0.2) is 65.5 Å². The van der Waals surface area contributed by atoms with Crippen molar-refractivity contribution in [3.05, 3.63) is 59.4 Å². The lowest BCUT2D eigenvalue weighted by Gasteiger charge is -2.56. The number of carbonyl (C=O) groups excluding carboxylic acids is 1. The zero-order valence-electron chi connectivity index (χ0n) is 16.9. The molecule has 148 valence electrons. The number of aromatic nitrogens is 1. The monoisotopic (exact) mass is 378 g/mol. The molecule has 0 aliphatic carbocycles. The van der Waals surface area contributed by atoms with E-state index in [1.165, 1.54) is 37.4 Å². The van der Waals surface area contributed by atoms with Crippen molar-refractivity contribution in [2.24, 2.45) is 13.0 Å². The SMILES string of the molecule is CC(=O)c1cc(CNC2C3CN4CCN(C3)CC2(c2ccccc2)C4)n(C)c1. The van der Waals surface area contributed by atoms with E-state index in [-0.39, 0.29) is 11.2 Å². The van der Waals surface area contributed by atoms with E-state index in [0.717, 1.165) is 25.2 Å². The van der Waals surface area contributed by atoms with Gasteiger partial charge in [0, 0.05) is 87.7 Å². The Morgan fingerprint density at radius 3 is 2.43 bits per heavy atom. The second-order valence-corrected chi connectivity index (χ2v) is 9.00. The molecule has 3 atom stereocenters. The van der Waals surface area contributed by atoms with Gasteiger partial charge in [-0.2, -0.15) is 0 Å². The van der Waals surface area contributed by atoms with Crippen LogP contribution in [-0.2, 0) is 19.0 Å². The molecule has 4 bridgehead atoms. The molecule has 4 fully saturated rings. The van der Waals surface area contributed by atoms with Crippen molar-refractivity contribution in [2.45, 2.75) is 24.9 Å². The van der Waals surface area contributed by atoms with E-state index in [2.05, 4.69) is 50.0 Å². The number of aryl methyl sites for hydroxylation is 1. The summed E-state index contributed by atoms with van der Waals surface area (Å²) in [6, 6.07) is 13.6. The molecule has 0 spiro atoms. The minimum Gasteiger partial charge on any atom is -0.353 e. The van der Waals surface area contributed by atoms with E-state index in [0.29, 0.717) is 12.0 Å². The van der Waals surface area contributed by atoms with Crippen molar-refractivity contribution in [2.75, 3.05) is 39.3 Å². The third-order valence-electron chi connectivity index (χ3n) is 7.16. The Hall–Kier alpha value is -1.95. The van der Waals surface area contributed by atoms with Gasteiger partial charge in [-0.1, -0.05) is 30.3 Å². The molecule has 5 heterocycles. The van der Waals surface area contributed by atoms with Crippen molar-refractivity contribution < 1.29 is 4.79 Å². The quantitative estimate of drug-likeness (QED) is 0.807. The highest BCUT2D eigenvalue weighted by molar-refractivity contribution is 5.94. The average Bonchev–Trinajstić information content (AvgIpc) is 2.88. The first-order valence-corrected chi connectivity index (χ1v) is 10.4. The van der Waals surface area contributed by atoms with Gasteiger partial charge < -0.3 is 19.7 Å². The first kappa shape index (κ1) is 18.1. The van der Waals surface area contributed by atoms with Gasteiger partial charge in [-0.05, 0) is 18.6 Å². The molecule has 4 aliphatic heterocycles. The van der Waals surface area contributed by atoms with Gasteiger partial charge in [-0.3, -0.25) is 4.79 Å². The molecule has 5 heteroatoms. The molecule has 2 aromatic rings. The van der Waals surface area contributed by atoms with Crippen LogP contribution in [0, 0.1) is 5.92 Å². The number of hydrogen-bond donors (Lipinski definition) is 1. The van der Waals surface area contributed by atoms with Crippen molar-refractivity contribution in [3.63, 3.8) is 0 Å². The minimum absolute atomic E-state index is 0.132. The number of benzene rings is 1. The molecule has 0 saturated carbocycles. The van der Waals surface area contributed by atoms with Crippen molar-refractivity contribution in [1.82, 2.24) is 19.7 Å². The van der Waals surface area contributed by atoms with Crippen LogP contribution < -0.4 is 5.32 Å². The van der Waals surface area contributed by atoms with Gasteiger partial charge in [0.2, 0.25) is 0 Å². The highest BCUT2D eigenvalue weighted by atomic mass is 16.1. The van der Waals surface area contributed by atoms with Crippen LogP contribution in [0.4, 0.5) is 0 Å². The van der Waals surface area contributed by atoms with Gasteiger partial charge >= 0.3 is 0 Å². The number of ketones is 1. The highest BCUT2D eigenvalue weighted by Gasteiger charge is 2.54. The molecular weight excluding hydrogens is 348 g/mol. The Bertz CT molecular complexity index is 858. The number of fused-ring (bicyclic) bond motifs is 1. The smallest absolute Gasteiger partial charge is 0.161 e. The zero-order chi connectivity index (χ0) is 19.3. The molecule has 0 amide bonds. The van der Waals surface area contributed by atoms with Crippen LogP contribution in [0.1, 0.15) is 28.5 Å². The summed E-state index contributed by atoms with van der Waals surface area (Å²) in [7, 11) is 2.04. The van der Waals surface area contributed by atoms with Gasteiger partial charge in [0.15, 0.2) is 5.78 Å². The summed E-state index contributed by atoms with van der Waals surface area (Å²) >= 11 is 0. The highest BCUT2D eigenvalue weighted by Crippen LogP contribution is 2.43. The second-order valence-electron chi connectivity index (χ2n) is 9.00. The van der Waals surface area contributed by atoms with Gasteiger partial charge in [0.1, 0.15) is 0 Å². The molecular formula is C23H30N4O. The number of piperidine rings is 2. The van der Waals surface area contributed by atoms with Crippen molar-refractivity contribution in [3.8, 4) is 0 Å². The molecule has 1 aromatic heterocycles. The molecule has 1 N–H and O–H groups in total. The van der Waals surface area contributed by atoms with E-state index in [4.69, 9.17) is 0 Å². The molecule has 3 unspecified atom stereocenters. The Morgan fingerprint density at radius 2 is 1.82 bits per heavy atom. The summed E-state index contributed by atoms with van der Waals surface area (Å²) in [6.45, 7) is 9.47. The maximum absolute atomic E-state index is 11.7. The third-order valence-corrected chi connectivity index (χ3v) is 7.16. The van der Waals surface area contributed by atoms with Crippen molar-refractivity contribution >= 4 is 5.78 Å². The lowest BCUT2D eigenvalue weighted by Crippen LogP contribution is -2.70. The molecule has 4 saturated heterocycles. The number of rotatable bonds is 5. The number of Topliss-reactive ketones (excluding diaryl/α,β-unsaturated/α-hetero) is 1. The predicted octanol–water partition coefficient (Wildman–Crippen LogP) is 1.88. The van der Waals surface area contributed by atoms with Crippen LogP contribution >= 0.6 is 0 Å². The van der Waals surface area contributed by atoms with E-state index in [1.807, 2.05) is 19.3 Å². The molecule has 0 radical (unpaired) electrons. The number of nitrogens with zero attached hydrogens (tertiary/aromatic N) is 3.